The van der Waals surface area contributed by atoms with Gasteiger partial charge in [-0.1, -0.05) is 78.9 Å². The van der Waals surface area contributed by atoms with E-state index in [0.29, 0.717) is 0 Å². The monoisotopic (exact) mass is 561 g/mol. The lowest BCUT2D eigenvalue weighted by Gasteiger charge is -2.10. The number of pyridine rings is 1. The molecule has 9 aromatic rings. The number of para-hydroxylation sites is 3. The van der Waals surface area contributed by atoms with Gasteiger partial charge in [0.15, 0.2) is 0 Å². The summed E-state index contributed by atoms with van der Waals surface area (Å²) in [6, 6.07) is 54.8. The number of nitrogens with zero attached hydrogens (tertiary/aromatic N) is 3. The van der Waals surface area contributed by atoms with E-state index in [4.69, 9.17) is 0 Å². The average Bonchev–Trinajstić information content (AvgIpc) is 3.61. The second-order valence-electron chi connectivity index (χ2n) is 11.3. The van der Waals surface area contributed by atoms with Crippen LogP contribution >= 0.6 is 0 Å². The summed E-state index contributed by atoms with van der Waals surface area (Å²) >= 11 is 0. The Morgan fingerprint density at radius 2 is 0.750 bits per heavy atom. The van der Waals surface area contributed by atoms with Gasteiger partial charge in [-0.2, -0.15) is 0 Å². The van der Waals surface area contributed by atoms with Gasteiger partial charge in [0.05, 0.1) is 22.1 Å². The normalized spacial score (nSPS) is 11.6. The van der Waals surface area contributed by atoms with E-state index >= 15 is 0 Å². The van der Waals surface area contributed by atoms with Crippen LogP contribution in [-0.4, -0.2) is 14.1 Å². The molecule has 0 fully saturated rings. The highest BCUT2D eigenvalue weighted by Crippen LogP contribution is 2.38. The first-order valence-electron chi connectivity index (χ1n) is 15.0. The second kappa shape index (κ2) is 9.82. The van der Waals surface area contributed by atoms with E-state index in [0.717, 1.165) is 5.69 Å². The molecule has 3 heteroatoms. The van der Waals surface area contributed by atoms with Crippen molar-refractivity contribution in [2.24, 2.45) is 0 Å². The molecule has 3 nitrogen and oxygen atoms in total. The summed E-state index contributed by atoms with van der Waals surface area (Å²) in [5.41, 5.74) is 12.0. The Morgan fingerprint density at radius 1 is 0.318 bits per heavy atom. The van der Waals surface area contributed by atoms with E-state index < -0.39 is 0 Å². The molecule has 0 aliphatic rings. The van der Waals surface area contributed by atoms with E-state index in [1.807, 2.05) is 24.5 Å². The second-order valence-corrected chi connectivity index (χ2v) is 11.3. The van der Waals surface area contributed by atoms with Gasteiger partial charge in [-0.15, -0.1) is 0 Å². The van der Waals surface area contributed by atoms with Crippen LogP contribution in [0.3, 0.4) is 0 Å². The molecule has 0 spiro atoms. The predicted octanol–water partition coefficient (Wildman–Crippen LogP) is 10.6. The number of rotatable bonds is 4. The van der Waals surface area contributed by atoms with E-state index in [1.54, 1.807) is 0 Å². The standard InChI is InChI=1S/C41H27N3/c1-2-8-32(9-3-1)43-38-12-6-4-10-34(38)36-26-30(16-20-40(36)43)31-17-21-41-37(27-31)35-11-5-7-13-39(35)44(41)33-18-14-28(15-19-33)29-22-24-42-25-23-29/h1-27H. The molecule has 0 saturated carbocycles. The summed E-state index contributed by atoms with van der Waals surface area (Å²) < 4.78 is 4.74. The highest BCUT2D eigenvalue weighted by Gasteiger charge is 2.16. The smallest absolute Gasteiger partial charge is 0.0541 e. The maximum Gasteiger partial charge on any atom is 0.0541 e. The van der Waals surface area contributed by atoms with Crippen molar-refractivity contribution in [3.05, 3.63) is 164 Å². The minimum Gasteiger partial charge on any atom is -0.309 e. The third-order valence-corrected chi connectivity index (χ3v) is 8.83. The fraction of sp³-hybridized carbons (Fsp3) is 0. The van der Waals surface area contributed by atoms with Crippen LogP contribution in [-0.2, 0) is 0 Å². The van der Waals surface area contributed by atoms with Gasteiger partial charge in [0.1, 0.15) is 0 Å². The Labute approximate surface area is 254 Å². The third-order valence-electron chi connectivity index (χ3n) is 8.83. The van der Waals surface area contributed by atoms with Crippen molar-refractivity contribution in [3.8, 4) is 33.6 Å². The molecular formula is C41H27N3. The highest BCUT2D eigenvalue weighted by molar-refractivity contribution is 6.12. The molecule has 206 valence electrons. The van der Waals surface area contributed by atoms with Gasteiger partial charge in [-0.3, -0.25) is 4.98 Å². The van der Waals surface area contributed by atoms with E-state index in [-0.39, 0.29) is 0 Å². The van der Waals surface area contributed by atoms with Crippen LogP contribution in [0.2, 0.25) is 0 Å². The topological polar surface area (TPSA) is 22.8 Å². The number of hydrogen-bond acceptors (Lipinski definition) is 1. The molecule has 0 N–H and O–H groups in total. The van der Waals surface area contributed by atoms with Crippen LogP contribution in [0.5, 0.6) is 0 Å². The SMILES string of the molecule is c1ccc(-n2c3ccccc3c3cc(-c4ccc5c(c4)c4ccccc4n5-c4ccc(-c5ccncc5)cc4)ccc32)cc1. The van der Waals surface area contributed by atoms with Crippen molar-refractivity contribution >= 4 is 43.6 Å². The van der Waals surface area contributed by atoms with Gasteiger partial charge in [0.2, 0.25) is 0 Å². The Morgan fingerprint density at radius 3 is 1.32 bits per heavy atom. The summed E-state index contributed by atoms with van der Waals surface area (Å²) in [5, 5.41) is 5.03. The van der Waals surface area contributed by atoms with Crippen molar-refractivity contribution in [2.45, 2.75) is 0 Å². The van der Waals surface area contributed by atoms with E-state index in [1.165, 1.54) is 71.6 Å². The zero-order chi connectivity index (χ0) is 29.0. The minimum absolute atomic E-state index is 1.15. The Kier molecular flexibility index (Phi) is 5.50. The maximum atomic E-state index is 4.16. The third kappa shape index (κ3) is 3.80. The summed E-state index contributed by atoms with van der Waals surface area (Å²) in [6.07, 6.45) is 3.68. The maximum absolute atomic E-state index is 4.16. The molecule has 9 rings (SSSR count). The first-order valence-corrected chi connectivity index (χ1v) is 15.0. The molecule has 0 aliphatic carbocycles. The van der Waals surface area contributed by atoms with Crippen LogP contribution in [0.15, 0.2) is 164 Å². The lowest BCUT2D eigenvalue weighted by molar-refractivity contribution is 1.18. The molecule has 0 radical (unpaired) electrons. The van der Waals surface area contributed by atoms with Gasteiger partial charge in [-0.25, -0.2) is 0 Å². The molecule has 3 heterocycles. The molecule has 0 atom stereocenters. The summed E-state index contributed by atoms with van der Waals surface area (Å²) in [6.45, 7) is 0. The molecule has 0 saturated heterocycles. The fourth-order valence-corrected chi connectivity index (χ4v) is 6.79. The number of fused-ring (bicyclic) bond motifs is 6. The predicted molar refractivity (Wildman–Crippen MR) is 184 cm³/mol. The van der Waals surface area contributed by atoms with Gasteiger partial charge in [-0.05, 0) is 95.1 Å². The van der Waals surface area contributed by atoms with Crippen molar-refractivity contribution in [1.82, 2.24) is 14.1 Å². The van der Waals surface area contributed by atoms with Gasteiger partial charge < -0.3 is 9.13 Å². The summed E-state index contributed by atoms with van der Waals surface area (Å²) in [7, 11) is 0. The molecule has 6 aromatic carbocycles. The molecule has 3 aromatic heterocycles. The van der Waals surface area contributed by atoms with E-state index in [2.05, 4.69) is 154 Å². The molecular weight excluding hydrogens is 534 g/mol. The summed E-state index contributed by atoms with van der Waals surface area (Å²) in [5.74, 6) is 0. The number of hydrogen-bond donors (Lipinski definition) is 0. The molecule has 0 bridgehead atoms. The highest BCUT2D eigenvalue weighted by atomic mass is 15.0. The fourth-order valence-electron chi connectivity index (χ4n) is 6.79. The average molecular weight is 562 g/mol. The first kappa shape index (κ1) is 24.6. The van der Waals surface area contributed by atoms with Crippen LogP contribution in [0.1, 0.15) is 0 Å². The molecule has 0 unspecified atom stereocenters. The van der Waals surface area contributed by atoms with E-state index in [9.17, 15) is 0 Å². The van der Waals surface area contributed by atoms with Crippen LogP contribution < -0.4 is 0 Å². The molecule has 0 aliphatic heterocycles. The lowest BCUT2D eigenvalue weighted by Crippen LogP contribution is -1.94. The summed E-state index contributed by atoms with van der Waals surface area (Å²) in [4.78, 5) is 4.16. The quantitative estimate of drug-likeness (QED) is 0.210. The number of benzene rings is 6. The van der Waals surface area contributed by atoms with Crippen molar-refractivity contribution in [1.29, 1.82) is 0 Å². The molecule has 44 heavy (non-hydrogen) atoms. The van der Waals surface area contributed by atoms with Crippen molar-refractivity contribution in [3.63, 3.8) is 0 Å². The zero-order valence-corrected chi connectivity index (χ0v) is 23.9. The van der Waals surface area contributed by atoms with Crippen LogP contribution in [0.25, 0.3) is 77.2 Å². The Hall–Kier alpha value is -5.93. The van der Waals surface area contributed by atoms with Gasteiger partial charge in [0, 0.05) is 45.3 Å². The lowest BCUT2D eigenvalue weighted by atomic mass is 10.0. The van der Waals surface area contributed by atoms with Gasteiger partial charge in [0.25, 0.3) is 0 Å². The van der Waals surface area contributed by atoms with Crippen LogP contribution in [0.4, 0.5) is 0 Å². The largest absolute Gasteiger partial charge is 0.309 e. The number of aromatic nitrogens is 3. The Balaban J connectivity index is 1.20. The first-order chi connectivity index (χ1) is 21.8. The van der Waals surface area contributed by atoms with Gasteiger partial charge >= 0.3 is 0 Å². The van der Waals surface area contributed by atoms with Crippen molar-refractivity contribution in [2.75, 3.05) is 0 Å². The van der Waals surface area contributed by atoms with Crippen molar-refractivity contribution < 1.29 is 0 Å². The minimum atomic E-state index is 1.15. The Bertz CT molecular complexity index is 2470. The van der Waals surface area contributed by atoms with Crippen LogP contribution in [0, 0.1) is 0 Å². The zero-order valence-electron chi connectivity index (χ0n) is 23.9. The molecule has 0 amide bonds.